The molecule has 0 saturated heterocycles. The molecule has 1 aromatic heterocycles. The smallest absolute Gasteiger partial charge is 0.250 e. The highest BCUT2D eigenvalue weighted by Crippen LogP contribution is 2.06. The zero-order chi connectivity index (χ0) is 15.0. The molecule has 1 amide bonds. The Balaban J connectivity index is 2.54. The Morgan fingerprint density at radius 1 is 1.50 bits per heavy atom. The number of aromatic nitrogens is 1. The summed E-state index contributed by atoms with van der Waals surface area (Å²) in [5.74, 6) is -0.0670. The lowest BCUT2D eigenvalue weighted by atomic mass is 10.1. The van der Waals surface area contributed by atoms with Crippen molar-refractivity contribution in [2.75, 3.05) is 19.0 Å². The molecule has 0 radical (unpaired) electrons. The van der Waals surface area contributed by atoms with E-state index in [1.807, 2.05) is 6.92 Å². The fraction of sp³-hybridized carbons (Fsp3) is 0.571. The number of amides is 1. The fourth-order valence-electron chi connectivity index (χ4n) is 1.78. The largest absolute Gasteiger partial charge is 0.383 e. The van der Waals surface area contributed by atoms with Gasteiger partial charge in [-0.05, 0) is 25.8 Å². The first-order valence-electron chi connectivity index (χ1n) is 6.78. The van der Waals surface area contributed by atoms with Crippen LogP contribution in [-0.2, 0) is 16.1 Å². The van der Waals surface area contributed by atoms with Crippen LogP contribution in [0.5, 0.6) is 0 Å². The second-order valence-corrected chi connectivity index (χ2v) is 4.86. The van der Waals surface area contributed by atoms with Gasteiger partial charge >= 0.3 is 0 Å². The molecule has 1 rings (SSSR count). The van der Waals surface area contributed by atoms with Gasteiger partial charge in [0, 0.05) is 38.4 Å². The van der Waals surface area contributed by atoms with Crippen LogP contribution in [-0.4, -0.2) is 30.2 Å². The van der Waals surface area contributed by atoms with Crippen molar-refractivity contribution in [2.24, 2.45) is 5.73 Å². The zero-order valence-corrected chi connectivity index (χ0v) is 12.1. The predicted octanol–water partition coefficient (Wildman–Crippen LogP) is 0.951. The number of carbonyl (C=O) groups is 1. The predicted molar refractivity (Wildman–Crippen MR) is 78.7 cm³/mol. The molecule has 6 nitrogen and oxygen atoms in total. The molecule has 0 spiro atoms. The highest BCUT2D eigenvalue weighted by Gasteiger charge is 2.05. The summed E-state index contributed by atoms with van der Waals surface area (Å²) in [6.07, 6.45) is 3.64. The van der Waals surface area contributed by atoms with Crippen LogP contribution in [0.15, 0.2) is 23.1 Å². The van der Waals surface area contributed by atoms with Crippen molar-refractivity contribution in [3.05, 3.63) is 28.7 Å². The topological polar surface area (TPSA) is 86.3 Å². The molecule has 1 unspecified atom stereocenters. The van der Waals surface area contributed by atoms with Crippen LogP contribution in [0.1, 0.15) is 26.2 Å². The first-order valence-corrected chi connectivity index (χ1v) is 6.78. The van der Waals surface area contributed by atoms with E-state index in [1.165, 1.54) is 10.6 Å². The van der Waals surface area contributed by atoms with Crippen molar-refractivity contribution < 1.29 is 9.53 Å². The van der Waals surface area contributed by atoms with E-state index in [-0.39, 0.29) is 17.5 Å². The van der Waals surface area contributed by atoms with Crippen LogP contribution in [0.3, 0.4) is 0 Å². The molecule has 1 atom stereocenters. The fourth-order valence-corrected chi connectivity index (χ4v) is 1.78. The van der Waals surface area contributed by atoms with E-state index in [0.29, 0.717) is 25.3 Å². The second kappa shape index (κ2) is 8.50. The van der Waals surface area contributed by atoms with E-state index < -0.39 is 0 Å². The van der Waals surface area contributed by atoms with Crippen molar-refractivity contribution in [2.45, 2.75) is 38.8 Å². The molecule has 1 heterocycles. The highest BCUT2D eigenvalue weighted by molar-refractivity contribution is 5.90. The number of ether oxygens (including phenoxy) is 1. The van der Waals surface area contributed by atoms with Gasteiger partial charge in [-0.25, -0.2) is 0 Å². The molecule has 0 aromatic carbocycles. The molecule has 6 heteroatoms. The third kappa shape index (κ3) is 5.99. The summed E-state index contributed by atoms with van der Waals surface area (Å²) < 4.78 is 6.45. The molecule has 0 saturated carbocycles. The van der Waals surface area contributed by atoms with Gasteiger partial charge in [-0.1, -0.05) is 0 Å². The highest BCUT2D eigenvalue weighted by atomic mass is 16.5. The number of nitrogens with two attached hydrogens (primary N) is 1. The molecule has 20 heavy (non-hydrogen) atoms. The molecule has 0 aliphatic carbocycles. The molecule has 112 valence electrons. The van der Waals surface area contributed by atoms with Gasteiger partial charge in [0.2, 0.25) is 5.91 Å². The van der Waals surface area contributed by atoms with Crippen LogP contribution >= 0.6 is 0 Å². The maximum atomic E-state index is 11.7. The van der Waals surface area contributed by atoms with Crippen LogP contribution in [0.2, 0.25) is 0 Å². The number of anilines is 1. The van der Waals surface area contributed by atoms with Crippen molar-refractivity contribution >= 4 is 11.6 Å². The van der Waals surface area contributed by atoms with E-state index in [0.717, 1.165) is 12.8 Å². The monoisotopic (exact) mass is 281 g/mol. The van der Waals surface area contributed by atoms with Crippen LogP contribution in [0, 0.1) is 0 Å². The Bertz CT molecular complexity index is 483. The van der Waals surface area contributed by atoms with Crippen LogP contribution in [0.25, 0.3) is 0 Å². The van der Waals surface area contributed by atoms with E-state index in [2.05, 4.69) is 5.32 Å². The summed E-state index contributed by atoms with van der Waals surface area (Å²) in [5, 5.41) is 2.78. The molecule has 3 N–H and O–H groups in total. The number of carbonyl (C=O) groups excluding carboxylic acids is 1. The molecule has 0 aliphatic heterocycles. The number of nitrogens with zero attached hydrogens (tertiary/aromatic N) is 1. The maximum Gasteiger partial charge on any atom is 0.250 e. The first-order chi connectivity index (χ1) is 9.52. The average Bonchev–Trinajstić information content (AvgIpc) is 2.39. The Kier molecular flexibility index (Phi) is 6.97. The number of nitrogens with one attached hydrogen (secondary N) is 1. The lowest BCUT2D eigenvalue weighted by Gasteiger charge is -2.09. The lowest BCUT2D eigenvalue weighted by molar-refractivity contribution is -0.116. The van der Waals surface area contributed by atoms with Crippen molar-refractivity contribution in [3.8, 4) is 0 Å². The molecule has 0 aliphatic rings. The maximum absolute atomic E-state index is 11.7. The summed E-state index contributed by atoms with van der Waals surface area (Å²) in [7, 11) is 1.58. The van der Waals surface area contributed by atoms with E-state index in [4.69, 9.17) is 10.5 Å². The molecule has 0 bridgehead atoms. The third-order valence-electron chi connectivity index (χ3n) is 2.87. The summed E-state index contributed by atoms with van der Waals surface area (Å²) in [6.45, 7) is 2.83. The number of pyridine rings is 1. The SMILES string of the molecule is COCCn1cc(NC(=O)CCCC(C)N)ccc1=O. The second-order valence-electron chi connectivity index (χ2n) is 4.86. The van der Waals surface area contributed by atoms with E-state index in [1.54, 1.807) is 19.4 Å². The Morgan fingerprint density at radius 2 is 2.25 bits per heavy atom. The van der Waals surface area contributed by atoms with Crippen molar-refractivity contribution in [3.63, 3.8) is 0 Å². The van der Waals surface area contributed by atoms with Crippen molar-refractivity contribution in [1.82, 2.24) is 4.57 Å². The van der Waals surface area contributed by atoms with E-state index >= 15 is 0 Å². The van der Waals surface area contributed by atoms with Gasteiger partial charge in [0.05, 0.1) is 12.3 Å². The van der Waals surface area contributed by atoms with Gasteiger partial charge in [0.1, 0.15) is 0 Å². The van der Waals surface area contributed by atoms with Gasteiger partial charge in [0.25, 0.3) is 5.56 Å². The van der Waals surface area contributed by atoms with Gasteiger partial charge in [0.15, 0.2) is 0 Å². The first kappa shape index (κ1) is 16.4. The number of rotatable bonds is 8. The quantitative estimate of drug-likeness (QED) is 0.743. The van der Waals surface area contributed by atoms with Gasteiger partial charge in [-0.3, -0.25) is 9.59 Å². The molecule has 0 fully saturated rings. The van der Waals surface area contributed by atoms with Crippen molar-refractivity contribution in [1.29, 1.82) is 0 Å². The Labute approximate surface area is 118 Å². The summed E-state index contributed by atoms with van der Waals surface area (Å²) in [4.78, 5) is 23.3. The lowest BCUT2D eigenvalue weighted by Crippen LogP contribution is -2.22. The van der Waals surface area contributed by atoms with Crippen LogP contribution in [0.4, 0.5) is 5.69 Å². The normalized spacial score (nSPS) is 12.2. The molecule has 1 aromatic rings. The summed E-state index contributed by atoms with van der Waals surface area (Å²) in [6, 6.07) is 3.15. The van der Waals surface area contributed by atoms with Gasteiger partial charge < -0.3 is 20.4 Å². The number of methoxy groups -OCH3 is 1. The van der Waals surface area contributed by atoms with Gasteiger partial charge in [-0.2, -0.15) is 0 Å². The minimum atomic E-state index is -0.114. The number of hydrogen-bond acceptors (Lipinski definition) is 4. The minimum absolute atomic E-state index is 0.0670. The Morgan fingerprint density at radius 3 is 2.90 bits per heavy atom. The minimum Gasteiger partial charge on any atom is -0.383 e. The standard InChI is InChI=1S/C14H23N3O3/c1-11(15)4-3-5-13(18)16-12-6-7-14(19)17(10-12)8-9-20-2/h6-7,10-11H,3-5,8-9,15H2,1-2H3,(H,16,18). The zero-order valence-electron chi connectivity index (χ0n) is 12.1. The molecular weight excluding hydrogens is 258 g/mol. The van der Waals surface area contributed by atoms with Crippen LogP contribution < -0.4 is 16.6 Å². The summed E-state index contributed by atoms with van der Waals surface area (Å²) >= 11 is 0. The third-order valence-corrected chi connectivity index (χ3v) is 2.87. The number of hydrogen-bond donors (Lipinski definition) is 2. The van der Waals surface area contributed by atoms with E-state index in [9.17, 15) is 9.59 Å². The summed E-state index contributed by atoms with van der Waals surface area (Å²) in [5.41, 5.74) is 6.14. The Hall–Kier alpha value is -1.66. The average molecular weight is 281 g/mol. The van der Waals surface area contributed by atoms with Gasteiger partial charge in [-0.15, -0.1) is 0 Å². The molecular formula is C14H23N3O3.